The van der Waals surface area contributed by atoms with Crippen LogP contribution in [0.15, 0.2) is 12.2 Å². The third-order valence-corrected chi connectivity index (χ3v) is 18.3. The summed E-state index contributed by atoms with van der Waals surface area (Å²) in [5.41, 5.74) is 1.22. The van der Waals surface area contributed by atoms with Gasteiger partial charge in [-0.05, 0) is 154 Å². The van der Waals surface area contributed by atoms with Crippen molar-refractivity contribution < 1.29 is 24.2 Å². The Hall–Kier alpha value is -1.89. The van der Waals surface area contributed by atoms with Crippen LogP contribution in [-0.4, -0.2) is 71.1 Å². The molecule has 306 valence electrons. The predicted octanol–water partition coefficient (Wildman–Crippen LogP) is 10.2. The van der Waals surface area contributed by atoms with E-state index < -0.39 is 11.4 Å². The van der Waals surface area contributed by atoms with E-state index in [4.69, 9.17) is 4.74 Å². The number of aliphatic carboxylic acids is 1. The number of carboxylic acid groups (broad SMARTS) is 1. The number of likely N-dealkylation sites (tertiary alicyclic amines) is 1. The zero-order valence-electron chi connectivity index (χ0n) is 36.2. The molecule has 6 fully saturated rings. The normalized spacial score (nSPS) is 41.4. The van der Waals surface area contributed by atoms with Gasteiger partial charge in [0.2, 0.25) is 5.91 Å². The summed E-state index contributed by atoms with van der Waals surface area (Å²) in [4.78, 5) is 44.0. The minimum absolute atomic E-state index is 0.0435. The molecule has 1 aliphatic heterocycles. The van der Waals surface area contributed by atoms with E-state index in [1.165, 1.54) is 50.5 Å². The van der Waals surface area contributed by atoms with Crippen molar-refractivity contribution in [3.8, 4) is 0 Å². The van der Waals surface area contributed by atoms with Gasteiger partial charge in [0.25, 0.3) is 0 Å². The van der Waals surface area contributed by atoms with Gasteiger partial charge >= 0.3 is 11.9 Å². The number of carbonyl (C=O) groups excluding carboxylic acids is 2. The number of amides is 1. The maximum atomic E-state index is 14.5. The Bertz CT molecular complexity index is 1450. The van der Waals surface area contributed by atoms with Gasteiger partial charge in [-0.15, -0.1) is 0 Å². The molecule has 7 nitrogen and oxygen atoms in total. The monoisotopic (exact) mass is 751 g/mol. The number of esters is 1. The van der Waals surface area contributed by atoms with Crippen LogP contribution >= 0.6 is 0 Å². The zero-order chi connectivity index (χ0) is 39.6. The van der Waals surface area contributed by atoms with E-state index >= 15 is 0 Å². The predicted molar refractivity (Wildman–Crippen MR) is 217 cm³/mol. The summed E-state index contributed by atoms with van der Waals surface area (Å²) < 4.78 is 6.31. The van der Waals surface area contributed by atoms with E-state index in [0.29, 0.717) is 41.5 Å². The van der Waals surface area contributed by atoms with Crippen LogP contribution in [0, 0.1) is 62.1 Å². The second-order valence-electron chi connectivity index (χ2n) is 21.8. The van der Waals surface area contributed by atoms with Crippen LogP contribution in [0.5, 0.6) is 0 Å². The zero-order valence-corrected chi connectivity index (χ0v) is 36.2. The molecule has 6 aliphatic rings. The number of fused-ring (bicyclic) bond motifs is 7. The van der Waals surface area contributed by atoms with Crippen molar-refractivity contribution in [2.75, 3.05) is 26.2 Å². The summed E-state index contributed by atoms with van der Waals surface area (Å²) in [5.74, 6) is 2.01. The average molecular weight is 751 g/mol. The molecule has 7 heteroatoms. The molecule has 5 saturated carbocycles. The van der Waals surface area contributed by atoms with Crippen LogP contribution in [0.3, 0.4) is 0 Å². The molecule has 1 heterocycles. The summed E-state index contributed by atoms with van der Waals surface area (Å²) in [5, 5.41) is 9.37. The Balaban J connectivity index is 1.22. The Labute approximate surface area is 329 Å². The van der Waals surface area contributed by atoms with Gasteiger partial charge in [0, 0.05) is 31.0 Å². The van der Waals surface area contributed by atoms with Crippen molar-refractivity contribution in [1.29, 1.82) is 0 Å². The molecule has 11 atom stereocenters. The second kappa shape index (κ2) is 14.8. The lowest BCUT2D eigenvalue weighted by atomic mass is 9.32. The highest BCUT2D eigenvalue weighted by atomic mass is 16.5. The van der Waals surface area contributed by atoms with Crippen LogP contribution in [0.2, 0.25) is 0 Å². The number of likely N-dealkylation sites (N-methyl/N-ethyl adjacent to an activating group) is 1. The van der Waals surface area contributed by atoms with Crippen LogP contribution < -0.4 is 0 Å². The van der Waals surface area contributed by atoms with E-state index in [9.17, 15) is 19.5 Å². The lowest BCUT2D eigenvalue weighted by Crippen LogP contribution is -2.67. The number of carboxylic acids is 1. The highest BCUT2D eigenvalue weighted by molar-refractivity contribution is 5.78. The largest absolute Gasteiger partial charge is 0.481 e. The van der Waals surface area contributed by atoms with Crippen molar-refractivity contribution in [2.24, 2.45) is 62.1 Å². The molecule has 1 N–H and O–H groups in total. The number of rotatable bonds is 12. The van der Waals surface area contributed by atoms with E-state index in [2.05, 4.69) is 71.8 Å². The van der Waals surface area contributed by atoms with Crippen LogP contribution in [0.25, 0.3) is 0 Å². The maximum Gasteiger partial charge on any atom is 0.306 e. The lowest BCUT2D eigenvalue weighted by molar-refractivity contribution is -0.250. The molecule has 0 radical (unpaired) electrons. The van der Waals surface area contributed by atoms with Gasteiger partial charge in [-0.2, -0.15) is 0 Å². The van der Waals surface area contributed by atoms with Crippen molar-refractivity contribution in [1.82, 2.24) is 9.80 Å². The maximum absolute atomic E-state index is 14.5. The molecule has 1 saturated heterocycles. The quantitative estimate of drug-likeness (QED) is 0.158. The molecule has 0 bridgehead atoms. The lowest BCUT2D eigenvalue weighted by Gasteiger charge is -2.73. The number of nitrogens with zero attached hydrogens (tertiary/aromatic N) is 2. The fourth-order valence-corrected chi connectivity index (χ4v) is 15.4. The first-order chi connectivity index (χ1) is 25.2. The van der Waals surface area contributed by atoms with Crippen molar-refractivity contribution >= 4 is 17.8 Å². The van der Waals surface area contributed by atoms with Crippen molar-refractivity contribution in [3.63, 3.8) is 0 Å². The first kappa shape index (κ1) is 41.7. The molecule has 0 aromatic heterocycles. The summed E-state index contributed by atoms with van der Waals surface area (Å²) in [7, 11) is 0. The van der Waals surface area contributed by atoms with Gasteiger partial charge < -0.3 is 19.6 Å². The molecule has 5 aliphatic carbocycles. The van der Waals surface area contributed by atoms with Gasteiger partial charge in [-0.25, -0.2) is 0 Å². The molecule has 1 amide bonds. The van der Waals surface area contributed by atoms with Crippen LogP contribution in [0.1, 0.15) is 166 Å². The Morgan fingerprint density at radius 3 is 2.20 bits per heavy atom. The SMILES string of the molecule is C=C(C)[C@@H]1CC[C@]2(CC(=O)N3CCC[C@H]3CN(CC)CC)CC[C@]3(C)[C@H](CC[C@@H]4[C@@]5(C)CC[C@H](OC(=O)CC(C)(C)CC(=O)O)C(C)(C)[C@@H]5CC[C@]43C)[C@@H]12. The third-order valence-electron chi connectivity index (χ3n) is 18.3. The molecular weight excluding hydrogens is 673 g/mol. The van der Waals surface area contributed by atoms with E-state index in [1.807, 2.05) is 13.8 Å². The topological polar surface area (TPSA) is 87.2 Å². The summed E-state index contributed by atoms with van der Waals surface area (Å²) >= 11 is 0. The number of hydrogen-bond acceptors (Lipinski definition) is 5. The standard InChI is InChI=1S/C47H78N2O5/c1-12-48(13-2)30-32-15-14-26-49(32)38(50)27-47-23-18-33(31(3)4)41(47)34-16-17-36-44(9)21-20-37(54-40(53)29-42(5,6)28-39(51)52)43(7,8)35(44)19-22-46(36,11)45(34,10)24-25-47/h32-37,41H,3,12-30H2,1-2,4-11H3,(H,51,52)/t32-,33-,34+,35-,36+,37-,41+,44-,45+,46+,47+/m0/s1. The highest BCUT2D eigenvalue weighted by Gasteiger charge is 2.71. The van der Waals surface area contributed by atoms with E-state index in [-0.39, 0.29) is 52.0 Å². The van der Waals surface area contributed by atoms with Crippen LogP contribution in [0.4, 0.5) is 0 Å². The van der Waals surface area contributed by atoms with Crippen molar-refractivity contribution in [2.45, 2.75) is 178 Å². The minimum atomic E-state index is -0.878. The molecule has 0 aromatic carbocycles. The fourth-order valence-electron chi connectivity index (χ4n) is 15.4. The third kappa shape index (κ3) is 6.92. The minimum Gasteiger partial charge on any atom is -0.481 e. The highest BCUT2D eigenvalue weighted by Crippen LogP contribution is 2.78. The summed E-state index contributed by atoms with van der Waals surface area (Å²) in [6, 6.07) is 0.358. The number of carbonyl (C=O) groups is 3. The van der Waals surface area contributed by atoms with E-state index in [0.717, 1.165) is 64.7 Å². The van der Waals surface area contributed by atoms with Gasteiger partial charge in [0.1, 0.15) is 6.10 Å². The first-order valence-corrected chi connectivity index (χ1v) is 22.3. The number of ether oxygens (including phenoxy) is 1. The number of hydrogen-bond donors (Lipinski definition) is 1. The van der Waals surface area contributed by atoms with Gasteiger partial charge in [0.05, 0.1) is 12.8 Å². The van der Waals surface area contributed by atoms with Gasteiger partial charge in [-0.1, -0.05) is 74.5 Å². The van der Waals surface area contributed by atoms with Gasteiger partial charge in [-0.3, -0.25) is 14.4 Å². The average Bonchev–Trinajstić information content (AvgIpc) is 3.69. The number of allylic oxidation sites excluding steroid dienone is 1. The molecule has 54 heavy (non-hydrogen) atoms. The molecular formula is C47H78N2O5. The van der Waals surface area contributed by atoms with Crippen LogP contribution in [-0.2, 0) is 19.1 Å². The van der Waals surface area contributed by atoms with Crippen molar-refractivity contribution in [3.05, 3.63) is 12.2 Å². The molecule has 0 unspecified atom stereocenters. The first-order valence-electron chi connectivity index (χ1n) is 22.3. The second-order valence-corrected chi connectivity index (χ2v) is 21.8. The summed E-state index contributed by atoms with van der Waals surface area (Å²) in [6.07, 6.45) is 14.5. The van der Waals surface area contributed by atoms with E-state index in [1.54, 1.807) is 0 Å². The smallest absolute Gasteiger partial charge is 0.306 e. The van der Waals surface area contributed by atoms with Gasteiger partial charge in [0.15, 0.2) is 0 Å². The fraction of sp³-hybridized carbons (Fsp3) is 0.894. The molecule has 0 aromatic rings. The molecule has 6 rings (SSSR count). The Morgan fingerprint density at radius 1 is 0.852 bits per heavy atom. The Morgan fingerprint density at radius 2 is 1.56 bits per heavy atom. The Kier molecular flexibility index (Phi) is 11.4. The molecule has 0 spiro atoms. The summed E-state index contributed by atoms with van der Waals surface area (Å²) in [6.45, 7) is 31.7.